The zero-order valence-corrected chi connectivity index (χ0v) is 9.99. The van der Waals surface area contributed by atoms with E-state index in [9.17, 15) is 4.79 Å². The monoisotopic (exact) mass is 234 g/mol. The van der Waals surface area contributed by atoms with Gasteiger partial charge in [0, 0.05) is 0 Å². The zero-order chi connectivity index (χ0) is 12.6. The SMILES string of the molecule is O=C/C=C/c1ccc(/C=C/c2ccccc2)cc1. The topological polar surface area (TPSA) is 17.1 Å². The minimum absolute atomic E-state index is 0.781. The molecule has 2 rings (SSSR count). The molecular weight excluding hydrogens is 220 g/mol. The zero-order valence-electron chi connectivity index (χ0n) is 9.99. The molecule has 0 heterocycles. The Balaban J connectivity index is 2.09. The number of rotatable bonds is 4. The maximum absolute atomic E-state index is 10.2. The van der Waals surface area contributed by atoms with Gasteiger partial charge in [-0.05, 0) is 22.8 Å². The summed E-state index contributed by atoms with van der Waals surface area (Å²) in [6, 6.07) is 18.2. The lowest BCUT2D eigenvalue weighted by molar-refractivity contribution is -0.104. The Kier molecular flexibility index (Phi) is 4.26. The number of carbonyl (C=O) groups excluding carboxylic acids is 1. The Hall–Kier alpha value is -2.41. The van der Waals surface area contributed by atoms with E-state index < -0.39 is 0 Å². The number of hydrogen-bond acceptors (Lipinski definition) is 1. The molecule has 2 aromatic rings. The van der Waals surface area contributed by atoms with Gasteiger partial charge in [0.15, 0.2) is 0 Å². The maximum atomic E-state index is 10.2. The van der Waals surface area contributed by atoms with Gasteiger partial charge in [-0.3, -0.25) is 4.79 Å². The molecule has 0 unspecified atom stereocenters. The molecule has 0 radical (unpaired) electrons. The van der Waals surface area contributed by atoms with Gasteiger partial charge in [0.25, 0.3) is 0 Å². The molecule has 0 fully saturated rings. The van der Waals surface area contributed by atoms with Gasteiger partial charge in [0.2, 0.25) is 0 Å². The molecule has 18 heavy (non-hydrogen) atoms. The highest BCUT2D eigenvalue weighted by molar-refractivity contribution is 5.74. The quantitative estimate of drug-likeness (QED) is 0.443. The third-order valence-electron chi connectivity index (χ3n) is 2.57. The predicted octanol–water partition coefficient (Wildman–Crippen LogP) is 4.07. The molecule has 0 bridgehead atoms. The lowest BCUT2D eigenvalue weighted by Gasteiger charge is -1.96. The molecule has 1 nitrogen and oxygen atoms in total. The largest absolute Gasteiger partial charge is 0.299 e. The van der Waals surface area contributed by atoms with E-state index >= 15 is 0 Å². The van der Waals surface area contributed by atoms with E-state index in [1.165, 1.54) is 11.6 Å². The third kappa shape index (κ3) is 3.56. The van der Waals surface area contributed by atoms with Crippen LogP contribution in [0.5, 0.6) is 0 Å². The van der Waals surface area contributed by atoms with Crippen LogP contribution in [0.2, 0.25) is 0 Å². The van der Waals surface area contributed by atoms with E-state index in [1.807, 2.05) is 42.5 Å². The Bertz CT molecular complexity index is 548. The summed E-state index contributed by atoms with van der Waals surface area (Å²) in [6.07, 6.45) is 8.22. The molecule has 0 aliphatic heterocycles. The highest BCUT2D eigenvalue weighted by Crippen LogP contribution is 2.10. The van der Waals surface area contributed by atoms with Crippen LogP contribution < -0.4 is 0 Å². The summed E-state index contributed by atoms with van der Waals surface area (Å²) < 4.78 is 0. The summed E-state index contributed by atoms with van der Waals surface area (Å²) in [5, 5.41) is 0. The van der Waals surface area contributed by atoms with Crippen LogP contribution in [0.3, 0.4) is 0 Å². The summed E-state index contributed by atoms with van der Waals surface area (Å²) in [5.74, 6) is 0. The molecule has 0 aliphatic carbocycles. The lowest BCUT2D eigenvalue weighted by atomic mass is 10.1. The van der Waals surface area contributed by atoms with Crippen LogP contribution in [-0.2, 0) is 4.79 Å². The normalized spacial score (nSPS) is 11.1. The molecule has 88 valence electrons. The Morgan fingerprint density at radius 3 is 1.67 bits per heavy atom. The van der Waals surface area contributed by atoms with Crippen molar-refractivity contribution in [3.63, 3.8) is 0 Å². The second-order valence-electron chi connectivity index (χ2n) is 3.91. The van der Waals surface area contributed by atoms with E-state index in [0.717, 1.165) is 17.4 Å². The van der Waals surface area contributed by atoms with Crippen LogP contribution in [0.1, 0.15) is 16.7 Å². The fourth-order valence-electron chi connectivity index (χ4n) is 1.63. The number of hydrogen-bond donors (Lipinski definition) is 0. The van der Waals surface area contributed by atoms with Gasteiger partial charge in [-0.2, -0.15) is 0 Å². The van der Waals surface area contributed by atoms with Crippen LogP contribution in [0.25, 0.3) is 18.2 Å². The first-order valence-corrected chi connectivity index (χ1v) is 5.83. The highest BCUT2D eigenvalue weighted by atomic mass is 16.1. The molecule has 0 saturated heterocycles. The van der Waals surface area contributed by atoms with Gasteiger partial charge < -0.3 is 0 Å². The van der Waals surface area contributed by atoms with Gasteiger partial charge in [0.1, 0.15) is 6.29 Å². The van der Waals surface area contributed by atoms with Crippen molar-refractivity contribution in [1.82, 2.24) is 0 Å². The molecule has 0 N–H and O–H groups in total. The minimum atomic E-state index is 0.781. The molecule has 0 aromatic heterocycles. The molecule has 0 spiro atoms. The average Bonchev–Trinajstić information content (AvgIpc) is 2.45. The number of benzene rings is 2. The predicted molar refractivity (Wildman–Crippen MR) is 76.9 cm³/mol. The standard InChI is InChI=1S/C17H14O/c18-14-4-7-16-9-12-17(13-10-16)11-8-15-5-2-1-3-6-15/h1-14H/b7-4+,11-8+. The average molecular weight is 234 g/mol. The number of carbonyl (C=O) groups is 1. The Morgan fingerprint density at radius 2 is 1.11 bits per heavy atom. The van der Waals surface area contributed by atoms with Gasteiger partial charge in [-0.1, -0.05) is 72.8 Å². The molecule has 0 amide bonds. The van der Waals surface area contributed by atoms with Crippen LogP contribution in [0.15, 0.2) is 60.7 Å². The second kappa shape index (κ2) is 6.36. The van der Waals surface area contributed by atoms with Crippen LogP contribution >= 0.6 is 0 Å². The van der Waals surface area contributed by atoms with Crippen molar-refractivity contribution in [1.29, 1.82) is 0 Å². The summed E-state index contributed by atoms with van der Waals surface area (Å²) in [5.41, 5.74) is 3.35. The first kappa shape index (κ1) is 12.1. The lowest BCUT2D eigenvalue weighted by Crippen LogP contribution is -1.75. The number of allylic oxidation sites excluding steroid dienone is 1. The Morgan fingerprint density at radius 1 is 0.611 bits per heavy atom. The van der Waals surface area contributed by atoms with E-state index in [2.05, 4.69) is 24.3 Å². The van der Waals surface area contributed by atoms with Gasteiger partial charge in [-0.15, -0.1) is 0 Å². The molecule has 0 saturated carbocycles. The van der Waals surface area contributed by atoms with Gasteiger partial charge >= 0.3 is 0 Å². The van der Waals surface area contributed by atoms with E-state index in [-0.39, 0.29) is 0 Å². The van der Waals surface area contributed by atoms with Crippen molar-refractivity contribution in [2.75, 3.05) is 0 Å². The summed E-state index contributed by atoms with van der Waals surface area (Å²) in [7, 11) is 0. The van der Waals surface area contributed by atoms with Crippen molar-refractivity contribution in [2.24, 2.45) is 0 Å². The molecule has 0 aliphatic rings. The summed E-state index contributed by atoms with van der Waals surface area (Å²) >= 11 is 0. The van der Waals surface area contributed by atoms with Gasteiger partial charge in [0.05, 0.1) is 0 Å². The highest BCUT2D eigenvalue weighted by Gasteiger charge is 1.89. The van der Waals surface area contributed by atoms with Crippen molar-refractivity contribution >= 4 is 24.5 Å². The first-order valence-electron chi connectivity index (χ1n) is 5.83. The molecule has 0 atom stereocenters. The summed E-state index contributed by atoms with van der Waals surface area (Å²) in [6.45, 7) is 0. The summed E-state index contributed by atoms with van der Waals surface area (Å²) in [4.78, 5) is 10.2. The molecule has 2 aromatic carbocycles. The number of aldehydes is 1. The van der Waals surface area contributed by atoms with Crippen molar-refractivity contribution in [2.45, 2.75) is 0 Å². The second-order valence-corrected chi connectivity index (χ2v) is 3.91. The van der Waals surface area contributed by atoms with Crippen LogP contribution in [-0.4, -0.2) is 6.29 Å². The van der Waals surface area contributed by atoms with Crippen molar-refractivity contribution < 1.29 is 4.79 Å². The van der Waals surface area contributed by atoms with E-state index in [4.69, 9.17) is 0 Å². The van der Waals surface area contributed by atoms with E-state index in [0.29, 0.717) is 0 Å². The van der Waals surface area contributed by atoms with Crippen molar-refractivity contribution in [3.05, 3.63) is 77.4 Å². The van der Waals surface area contributed by atoms with E-state index in [1.54, 1.807) is 6.08 Å². The maximum Gasteiger partial charge on any atom is 0.142 e. The third-order valence-corrected chi connectivity index (χ3v) is 2.57. The van der Waals surface area contributed by atoms with Crippen LogP contribution in [0, 0.1) is 0 Å². The Labute approximate surface area is 107 Å². The smallest absolute Gasteiger partial charge is 0.142 e. The molecular formula is C17H14O. The van der Waals surface area contributed by atoms with Crippen molar-refractivity contribution in [3.8, 4) is 0 Å². The van der Waals surface area contributed by atoms with Crippen LogP contribution in [0.4, 0.5) is 0 Å². The fourth-order valence-corrected chi connectivity index (χ4v) is 1.63. The first-order chi connectivity index (χ1) is 8.88. The molecule has 1 heteroatoms. The van der Waals surface area contributed by atoms with Gasteiger partial charge in [-0.25, -0.2) is 0 Å². The minimum Gasteiger partial charge on any atom is -0.299 e. The fraction of sp³-hybridized carbons (Fsp3) is 0.